The molecule has 0 spiro atoms. The predicted octanol–water partition coefficient (Wildman–Crippen LogP) is 4.22. The number of aromatic nitrogens is 2. The van der Waals surface area contributed by atoms with Gasteiger partial charge in [0.1, 0.15) is 11.5 Å². The van der Waals surface area contributed by atoms with E-state index in [0.717, 1.165) is 37.2 Å². The molecule has 0 saturated carbocycles. The molecule has 0 radical (unpaired) electrons. The number of sulfonamides is 1. The van der Waals surface area contributed by atoms with Crippen LogP contribution in [0.15, 0.2) is 53.4 Å². The third-order valence-electron chi connectivity index (χ3n) is 4.88. The van der Waals surface area contributed by atoms with Crippen LogP contribution < -0.4 is 9.46 Å². The molecule has 6 nitrogen and oxygen atoms in total. The summed E-state index contributed by atoms with van der Waals surface area (Å²) in [5.74, 6) is 0.488. The van der Waals surface area contributed by atoms with Gasteiger partial charge in [-0.15, -0.1) is 0 Å². The highest BCUT2D eigenvalue weighted by molar-refractivity contribution is 7.89. The number of benzene rings is 2. The Balaban J connectivity index is 1.75. The van der Waals surface area contributed by atoms with Crippen molar-refractivity contribution in [1.29, 1.82) is 0 Å². The highest BCUT2D eigenvalue weighted by Crippen LogP contribution is 2.37. The third kappa shape index (κ3) is 3.92. The average Bonchev–Trinajstić information content (AvgIpc) is 3.30. The predicted molar refractivity (Wildman–Crippen MR) is 104 cm³/mol. The van der Waals surface area contributed by atoms with Crippen LogP contribution in [0.2, 0.25) is 0 Å². The number of rotatable bonds is 5. The lowest BCUT2D eigenvalue weighted by molar-refractivity contribution is -0.137. The smallest absolute Gasteiger partial charge is 0.416 e. The number of nitrogens with zero attached hydrogens (tertiary/aromatic N) is 2. The number of hydrogen-bond donors (Lipinski definition) is 1. The van der Waals surface area contributed by atoms with Gasteiger partial charge in [-0.2, -0.15) is 18.3 Å². The number of aryl methyl sites for hydroxylation is 2. The summed E-state index contributed by atoms with van der Waals surface area (Å²) in [6, 6.07) is 10.5. The third-order valence-corrected chi connectivity index (χ3v) is 6.29. The number of nitrogens with one attached hydrogen (secondary N) is 1. The Morgan fingerprint density at radius 3 is 2.47 bits per heavy atom. The second kappa shape index (κ2) is 7.44. The van der Waals surface area contributed by atoms with Gasteiger partial charge in [0, 0.05) is 17.8 Å². The van der Waals surface area contributed by atoms with Crippen molar-refractivity contribution in [3.8, 4) is 22.8 Å². The Kier molecular flexibility index (Phi) is 5.07. The zero-order valence-corrected chi connectivity index (χ0v) is 16.7. The van der Waals surface area contributed by atoms with Crippen molar-refractivity contribution in [3.63, 3.8) is 0 Å². The summed E-state index contributed by atoms with van der Waals surface area (Å²) in [7, 11) is -2.39. The van der Waals surface area contributed by atoms with E-state index in [9.17, 15) is 21.6 Å². The summed E-state index contributed by atoms with van der Waals surface area (Å²) in [4.78, 5) is 0.0351. The average molecular weight is 437 g/mol. The van der Waals surface area contributed by atoms with Crippen molar-refractivity contribution in [2.45, 2.75) is 30.5 Å². The van der Waals surface area contributed by atoms with E-state index in [-0.39, 0.29) is 10.6 Å². The van der Waals surface area contributed by atoms with Crippen LogP contribution in [-0.2, 0) is 29.2 Å². The lowest BCUT2D eigenvalue weighted by atomic mass is 10.1. The van der Waals surface area contributed by atoms with E-state index in [4.69, 9.17) is 4.74 Å². The van der Waals surface area contributed by atoms with Crippen LogP contribution in [0.3, 0.4) is 0 Å². The van der Waals surface area contributed by atoms with E-state index in [1.807, 2.05) is 10.7 Å². The first-order valence-corrected chi connectivity index (χ1v) is 10.7. The second-order valence-corrected chi connectivity index (χ2v) is 8.72. The minimum atomic E-state index is -4.44. The fourth-order valence-corrected chi connectivity index (χ4v) is 4.07. The highest BCUT2D eigenvalue weighted by Gasteiger charge is 2.30. The van der Waals surface area contributed by atoms with Crippen molar-refractivity contribution in [2.24, 2.45) is 0 Å². The van der Waals surface area contributed by atoms with Gasteiger partial charge in [0.05, 0.1) is 16.2 Å². The minimum Gasteiger partial charge on any atom is -0.457 e. The monoisotopic (exact) mass is 437 g/mol. The Bertz CT molecular complexity index is 1160. The molecule has 2 heterocycles. The largest absolute Gasteiger partial charge is 0.457 e. The molecule has 2 aromatic carbocycles. The lowest BCUT2D eigenvalue weighted by Crippen LogP contribution is -2.18. The van der Waals surface area contributed by atoms with Gasteiger partial charge in [-0.1, -0.05) is 0 Å². The van der Waals surface area contributed by atoms with Gasteiger partial charge in [0.15, 0.2) is 0 Å². The Labute approximate surface area is 171 Å². The molecule has 158 valence electrons. The van der Waals surface area contributed by atoms with Crippen LogP contribution in [0.5, 0.6) is 11.5 Å². The van der Waals surface area contributed by atoms with Gasteiger partial charge in [-0.05, 0) is 68.4 Å². The van der Waals surface area contributed by atoms with E-state index >= 15 is 0 Å². The molecule has 0 atom stereocenters. The fraction of sp³-hybridized carbons (Fsp3) is 0.250. The van der Waals surface area contributed by atoms with Crippen molar-refractivity contribution in [1.82, 2.24) is 14.5 Å². The Morgan fingerprint density at radius 2 is 1.83 bits per heavy atom. The molecule has 0 bridgehead atoms. The molecule has 10 heteroatoms. The molecule has 4 rings (SSSR count). The molecule has 0 saturated heterocycles. The van der Waals surface area contributed by atoms with Crippen molar-refractivity contribution in [3.05, 3.63) is 59.8 Å². The number of ether oxygens (including phenoxy) is 1. The molecular formula is C20H18F3N3O3S. The van der Waals surface area contributed by atoms with Gasteiger partial charge < -0.3 is 4.74 Å². The summed E-state index contributed by atoms with van der Waals surface area (Å²) in [6.45, 7) is 0.777. The van der Waals surface area contributed by atoms with Gasteiger partial charge in [-0.25, -0.2) is 13.1 Å². The maximum absolute atomic E-state index is 12.8. The number of fused-ring (bicyclic) bond motifs is 1. The van der Waals surface area contributed by atoms with E-state index in [1.54, 1.807) is 0 Å². The molecule has 30 heavy (non-hydrogen) atoms. The van der Waals surface area contributed by atoms with Gasteiger partial charge in [0.25, 0.3) is 0 Å². The molecule has 0 aliphatic carbocycles. The molecule has 0 unspecified atom stereocenters. The van der Waals surface area contributed by atoms with Crippen LogP contribution in [0, 0.1) is 0 Å². The fourth-order valence-electron chi connectivity index (χ4n) is 3.31. The van der Waals surface area contributed by atoms with Crippen LogP contribution in [-0.4, -0.2) is 25.2 Å². The van der Waals surface area contributed by atoms with E-state index in [1.165, 1.54) is 37.4 Å². The first-order valence-electron chi connectivity index (χ1n) is 9.17. The molecule has 1 aromatic heterocycles. The summed E-state index contributed by atoms with van der Waals surface area (Å²) in [6.07, 6.45) is -2.58. The van der Waals surface area contributed by atoms with E-state index in [2.05, 4.69) is 9.82 Å². The Hall–Kier alpha value is -2.85. The molecular weight excluding hydrogens is 419 g/mol. The standard InChI is InChI=1S/C20H18F3N3O3S/c1-24-30(27,28)16-8-9-19(29-15-6-4-13(5-7-15)20(21,22)23)17(12-16)18-11-14-3-2-10-26(14)25-18/h4-9,11-12,24H,2-3,10H2,1H3. The molecule has 0 fully saturated rings. The maximum Gasteiger partial charge on any atom is 0.416 e. The molecule has 0 amide bonds. The quantitative estimate of drug-likeness (QED) is 0.649. The molecule has 1 aliphatic heterocycles. The van der Waals surface area contributed by atoms with Crippen molar-refractivity contribution >= 4 is 10.0 Å². The van der Waals surface area contributed by atoms with E-state index < -0.39 is 21.8 Å². The zero-order chi connectivity index (χ0) is 21.5. The first-order chi connectivity index (χ1) is 14.2. The Morgan fingerprint density at radius 1 is 1.10 bits per heavy atom. The summed E-state index contributed by atoms with van der Waals surface area (Å²) in [5.41, 5.74) is 1.23. The van der Waals surface area contributed by atoms with Crippen LogP contribution in [0.25, 0.3) is 11.3 Å². The second-order valence-electron chi connectivity index (χ2n) is 6.84. The number of alkyl halides is 3. The van der Waals surface area contributed by atoms with Crippen LogP contribution in [0.4, 0.5) is 13.2 Å². The minimum absolute atomic E-state index is 0.0351. The summed E-state index contributed by atoms with van der Waals surface area (Å²) in [5, 5.41) is 4.53. The van der Waals surface area contributed by atoms with Crippen molar-refractivity contribution in [2.75, 3.05) is 7.05 Å². The normalized spacial score (nSPS) is 14.0. The van der Waals surface area contributed by atoms with Crippen LogP contribution >= 0.6 is 0 Å². The number of hydrogen-bond acceptors (Lipinski definition) is 4. The lowest BCUT2D eigenvalue weighted by Gasteiger charge is -2.13. The van der Waals surface area contributed by atoms with Crippen molar-refractivity contribution < 1.29 is 26.3 Å². The summed E-state index contributed by atoms with van der Waals surface area (Å²) < 4.78 is 72.8. The van der Waals surface area contributed by atoms with E-state index in [0.29, 0.717) is 17.0 Å². The number of halogens is 3. The molecule has 1 aliphatic rings. The topological polar surface area (TPSA) is 73.2 Å². The van der Waals surface area contributed by atoms with Gasteiger partial charge in [0.2, 0.25) is 10.0 Å². The maximum atomic E-state index is 12.8. The molecule has 1 N–H and O–H groups in total. The first kappa shape index (κ1) is 20.4. The van der Waals surface area contributed by atoms with Gasteiger partial charge >= 0.3 is 6.18 Å². The van der Waals surface area contributed by atoms with Gasteiger partial charge in [-0.3, -0.25) is 4.68 Å². The molecule has 3 aromatic rings. The van der Waals surface area contributed by atoms with Crippen LogP contribution in [0.1, 0.15) is 17.7 Å². The summed E-state index contributed by atoms with van der Waals surface area (Å²) >= 11 is 0. The zero-order valence-electron chi connectivity index (χ0n) is 15.9. The SMILES string of the molecule is CNS(=O)(=O)c1ccc(Oc2ccc(C(F)(F)F)cc2)c(-c2cc3n(n2)CCC3)c1. The highest BCUT2D eigenvalue weighted by atomic mass is 32.2.